The van der Waals surface area contributed by atoms with Gasteiger partial charge in [-0.1, -0.05) is 31.8 Å². The summed E-state index contributed by atoms with van der Waals surface area (Å²) in [6, 6.07) is 6.56. The molecule has 0 aliphatic rings. The summed E-state index contributed by atoms with van der Waals surface area (Å²) < 4.78 is 11.2. The Balaban J connectivity index is 1.86. The molecule has 0 amide bonds. The summed E-state index contributed by atoms with van der Waals surface area (Å²) in [7, 11) is 0. The van der Waals surface area contributed by atoms with Gasteiger partial charge in [0.05, 0.1) is 12.2 Å². The molecule has 0 radical (unpaired) electrons. The van der Waals surface area contributed by atoms with Gasteiger partial charge < -0.3 is 14.6 Å². The third-order valence-electron chi connectivity index (χ3n) is 4.00. The Morgan fingerprint density at radius 3 is 2.04 bits per heavy atom. The molecule has 0 aliphatic carbocycles. The average Bonchev–Trinajstić information content (AvgIpc) is 2.62. The number of carboxylic acid groups (broad SMARTS) is 1. The molecule has 140 valence electrons. The molecule has 0 spiro atoms. The molecule has 0 aromatic heterocycles. The van der Waals surface area contributed by atoms with E-state index in [4.69, 9.17) is 14.6 Å². The fourth-order valence-corrected chi connectivity index (χ4v) is 2.49. The highest BCUT2D eigenvalue weighted by atomic mass is 16.5. The number of unbranched alkanes of at least 4 members (excludes halogenated alkanes) is 7. The lowest BCUT2D eigenvalue weighted by atomic mass is 10.1. The van der Waals surface area contributed by atoms with Gasteiger partial charge in [0, 0.05) is 13.2 Å². The van der Waals surface area contributed by atoms with E-state index in [2.05, 4.69) is 6.58 Å². The van der Waals surface area contributed by atoms with Crippen LogP contribution in [0.25, 0.3) is 0 Å². The van der Waals surface area contributed by atoms with Crippen LogP contribution in [0.3, 0.4) is 0 Å². The van der Waals surface area contributed by atoms with Crippen molar-refractivity contribution in [3.8, 4) is 5.75 Å². The lowest BCUT2D eigenvalue weighted by Crippen LogP contribution is -1.99. The topological polar surface area (TPSA) is 55.8 Å². The van der Waals surface area contributed by atoms with Gasteiger partial charge in [-0.15, -0.1) is 6.58 Å². The van der Waals surface area contributed by atoms with Gasteiger partial charge in [0.15, 0.2) is 0 Å². The number of aromatic carboxylic acids is 1. The van der Waals surface area contributed by atoms with E-state index in [-0.39, 0.29) is 5.56 Å². The quantitative estimate of drug-likeness (QED) is 0.317. The van der Waals surface area contributed by atoms with Crippen molar-refractivity contribution in [1.82, 2.24) is 0 Å². The van der Waals surface area contributed by atoms with Crippen LogP contribution in [0.1, 0.15) is 68.1 Å². The zero-order valence-electron chi connectivity index (χ0n) is 15.3. The van der Waals surface area contributed by atoms with Crippen LogP contribution in [0.5, 0.6) is 5.75 Å². The summed E-state index contributed by atoms with van der Waals surface area (Å²) in [6.45, 7) is 6.14. The van der Waals surface area contributed by atoms with Crippen LogP contribution < -0.4 is 4.74 Å². The van der Waals surface area contributed by atoms with E-state index in [9.17, 15) is 4.79 Å². The second kappa shape index (κ2) is 14.5. The fourth-order valence-electron chi connectivity index (χ4n) is 2.49. The number of hydrogen-bond acceptors (Lipinski definition) is 3. The first-order valence-electron chi connectivity index (χ1n) is 9.39. The van der Waals surface area contributed by atoms with Crippen LogP contribution in [0, 0.1) is 0 Å². The number of allylic oxidation sites excluding steroid dienone is 1. The van der Waals surface area contributed by atoms with Gasteiger partial charge >= 0.3 is 5.97 Å². The predicted molar refractivity (Wildman–Crippen MR) is 101 cm³/mol. The van der Waals surface area contributed by atoms with Gasteiger partial charge in [0.2, 0.25) is 0 Å². The van der Waals surface area contributed by atoms with Crippen LogP contribution in [0.2, 0.25) is 0 Å². The third-order valence-corrected chi connectivity index (χ3v) is 4.00. The van der Waals surface area contributed by atoms with Crippen molar-refractivity contribution in [3.63, 3.8) is 0 Å². The maximum Gasteiger partial charge on any atom is 0.335 e. The van der Waals surface area contributed by atoms with Crippen LogP contribution in [-0.4, -0.2) is 30.9 Å². The van der Waals surface area contributed by atoms with Crippen LogP contribution in [-0.2, 0) is 4.74 Å². The molecule has 25 heavy (non-hydrogen) atoms. The molecule has 0 aliphatic heterocycles. The van der Waals surface area contributed by atoms with Crippen molar-refractivity contribution in [1.29, 1.82) is 0 Å². The number of hydrogen-bond donors (Lipinski definition) is 1. The molecule has 0 fully saturated rings. The van der Waals surface area contributed by atoms with E-state index in [1.165, 1.54) is 25.7 Å². The minimum absolute atomic E-state index is 0.285. The normalized spacial score (nSPS) is 10.6. The molecule has 0 saturated heterocycles. The Morgan fingerprint density at radius 1 is 0.880 bits per heavy atom. The molecule has 4 heteroatoms. The first kappa shape index (κ1) is 21.2. The fraction of sp³-hybridized carbons (Fsp3) is 0.571. The second-order valence-electron chi connectivity index (χ2n) is 6.20. The molecular weight excluding hydrogens is 316 g/mol. The predicted octanol–water partition coefficient (Wildman–Crippen LogP) is 5.48. The van der Waals surface area contributed by atoms with Crippen LogP contribution >= 0.6 is 0 Å². The maximum absolute atomic E-state index is 10.8. The van der Waals surface area contributed by atoms with Crippen LogP contribution in [0.15, 0.2) is 36.9 Å². The van der Waals surface area contributed by atoms with E-state index in [0.29, 0.717) is 6.61 Å². The molecular formula is C21H32O4. The van der Waals surface area contributed by atoms with Crippen molar-refractivity contribution in [2.45, 2.75) is 57.8 Å². The summed E-state index contributed by atoms with van der Waals surface area (Å²) >= 11 is 0. The van der Waals surface area contributed by atoms with E-state index < -0.39 is 5.97 Å². The molecule has 1 rings (SSSR count). The van der Waals surface area contributed by atoms with Gasteiger partial charge in [-0.25, -0.2) is 4.79 Å². The van der Waals surface area contributed by atoms with Crippen molar-refractivity contribution in [2.24, 2.45) is 0 Å². The smallest absolute Gasteiger partial charge is 0.335 e. The first-order chi connectivity index (χ1) is 12.2. The Labute approximate surface area is 151 Å². The summed E-state index contributed by atoms with van der Waals surface area (Å²) in [5.41, 5.74) is 0.285. The maximum atomic E-state index is 10.8. The summed E-state index contributed by atoms with van der Waals surface area (Å²) in [5, 5.41) is 8.83. The summed E-state index contributed by atoms with van der Waals surface area (Å²) in [4.78, 5) is 10.8. The second-order valence-corrected chi connectivity index (χ2v) is 6.20. The number of carboxylic acids is 1. The molecule has 0 saturated carbocycles. The highest BCUT2D eigenvalue weighted by molar-refractivity contribution is 5.87. The minimum atomic E-state index is -0.912. The lowest BCUT2D eigenvalue weighted by Gasteiger charge is -2.07. The van der Waals surface area contributed by atoms with E-state index in [1.54, 1.807) is 24.3 Å². The largest absolute Gasteiger partial charge is 0.494 e. The zero-order chi connectivity index (χ0) is 18.2. The molecule has 1 aromatic carbocycles. The monoisotopic (exact) mass is 348 g/mol. The highest BCUT2D eigenvalue weighted by Crippen LogP contribution is 2.13. The van der Waals surface area contributed by atoms with Gasteiger partial charge in [-0.2, -0.15) is 0 Å². The molecule has 1 N–H and O–H groups in total. The number of carbonyl (C=O) groups is 1. The molecule has 0 atom stereocenters. The Kier molecular flexibility index (Phi) is 12.3. The summed E-state index contributed by atoms with van der Waals surface area (Å²) in [5.74, 6) is -0.181. The summed E-state index contributed by atoms with van der Waals surface area (Å²) in [6.07, 6.45) is 12.4. The van der Waals surface area contributed by atoms with E-state index in [1.807, 2.05) is 6.08 Å². The Morgan fingerprint density at radius 2 is 1.44 bits per heavy atom. The highest BCUT2D eigenvalue weighted by Gasteiger charge is 2.01. The first-order valence-corrected chi connectivity index (χ1v) is 9.39. The Bertz CT molecular complexity index is 467. The van der Waals surface area contributed by atoms with Gasteiger partial charge in [0.25, 0.3) is 0 Å². The molecule has 0 bridgehead atoms. The van der Waals surface area contributed by atoms with Crippen molar-refractivity contribution in [3.05, 3.63) is 42.5 Å². The molecule has 0 heterocycles. The SMILES string of the molecule is C=CCCCCOCCCCCCCCOc1ccc(C(=O)O)cc1. The third kappa shape index (κ3) is 11.4. The van der Waals surface area contributed by atoms with E-state index in [0.717, 1.165) is 51.1 Å². The van der Waals surface area contributed by atoms with Crippen molar-refractivity contribution >= 4 is 5.97 Å². The van der Waals surface area contributed by atoms with Crippen molar-refractivity contribution in [2.75, 3.05) is 19.8 Å². The molecule has 1 aromatic rings. The molecule has 4 nitrogen and oxygen atoms in total. The van der Waals surface area contributed by atoms with Crippen molar-refractivity contribution < 1.29 is 19.4 Å². The van der Waals surface area contributed by atoms with Gasteiger partial charge in [-0.05, 0) is 56.4 Å². The van der Waals surface area contributed by atoms with Crippen LogP contribution in [0.4, 0.5) is 0 Å². The lowest BCUT2D eigenvalue weighted by molar-refractivity contribution is 0.0697. The zero-order valence-corrected chi connectivity index (χ0v) is 15.3. The number of rotatable bonds is 16. The molecule has 0 unspecified atom stereocenters. The van der Waals surface area contributed by atoms with Gasteiger partial charge in [0.1, 0.15) is 5.75 Å². The Hall–Kier alpha value is -1.81. The van der Waals surface area contributed by atoms with E-state index >= 15 is 0 Å². The average molecular weight is 348 g/mol. The minimum Gasteiger partial charge on any atom is -0.494 e. The van der Waals surface area contributed by atoms with Gasteiger partial charge in [-0.3, -0.25) is 0 Å². The number of benzene rings is 1. The number of ether oxygens (including phenoxy) is 2. The standard InChI is InChI=1S/C21H32O4/c1-2-3-4-9-16-24-17-10-7-5-6-8-11-18-25-20-14-12-19(13-15-20)21(22)23/h2,12-15H,1,3-11,16-18H2,(H,22,23).